The van der Waals surface area contributed by atoms with Gasteiger partial charge < -0.3 is 39.7 Å². The highest BCUT2D eigenvalue weighted by molar-refractivity contribution is 8.00. The van der Waals surface area contributed by atoms with Crippen molar-refractivity contribution < 1.29 is 70.1 Å². The summed E-state index contributed by atoms with van der Waals surface area (Å²) in [5, 5.41) is 30.0. The molecule has 0 radical (unpaired) electrons. The number of amides is 2. The van der Waals surface area contributed by atoms with Gasteiger partial charge in [0, 0.05) is 23.9 Å². The molecule has 1 aromatic rings. The van der Waals surface area contributed by atoms with Crippen LogP contribution < -0.4 is 20.2 Å². The summed E-state index contributed by atoms with van der Waals surface area (Å²) in [6, 6.07) is 0.337. The third kappa shape index (κ3) is 7.18. The van der Waals surface area contributed by atoms with Gasteiger partial charge in [-0.2, -0.15) is 13.2 Å². The monoisotopic (exact) mass is 709 g/mol. The maximum atomic E-state index is 15.8. The van der Waals surface area contributed by atoms with E-state index in [9.17, 15) is 47.0 Å². The lowest BCUT2D eigenvalue weighted by atomic mass is 9.97. The number of anilines is 2. The number of aliphatic carboxylic acids is 3. The van der Waals surface area contributed by atoms with Crippen molar-refractivity contribution in [2.75, 3.05) is 68.5 Å². The molecule has 3 N–H and O–H groups in total. The first-order valence-electron chi connectivity index (χ1n) is 14.2. The van der Waals surface area contributed by atoms with Crippen LogP contribution in [-0.2, 0) is 30.4 Å². The molecule has 262 valence electrons. The van der Waals surface area contributed by atoms with E-state index in [1.165, 1.54) is 27.8 Å². The topological polar surface area (TPSA) is 171 Å². The number of likely N-dealkylation sites (N-methyl/N-ethyl adjacent to an activating group) is 1. The molecule has 0 bridgehead atoms. The molecule has 1 aromatic carbocycles. The molecular weight excluding hydrogens is 680 g/mol. The minimum atomic E-state index is -5.19. The van der Waals surface area contributed by atoms with Crippen molar-refractivity contribution in [3.05, 3.63) is 46.3 Å². The summed E-state index contributed by atoms with van der Waals surface area (Å²) in [5.74, 6) is -7.34. The lowest BCUT2D eigenvalue weighted by molar-refractivity contribution is -0.905. The molecular formula is C28H29F6N5O8S. The van der Waals surface area contributed by atoms with Crippen molar-refractivity contribution in [2.24, 2.45) is 0 Å². The molecule has 13 nitrogen and oxygen atoms in total. The van der Waals surface area contributed by atoms with Crippen LogP contribution in [0.4, 0.5) is 37.7 Å². The fraction of sp³-hybridized carbons (Fsp3) is 0.464. The van der Waals surface area contributed by atoms with Gasteiger partial charge in [-0.15, -0.1) is 11.8 Å². The van der Waals surface area contributed by atoms with Crippen LogP contribution in [0.5, 0.6) is 0 Å². The molecule has 2 atom stereocenters. The number of hydrogen-bond acceptors (Lipinski definition) is 9. The Balaban J connectivity index is 0.000000671. The zero-order valence-electron chi connectivity index (χ0n) is 25.1. The molecule has 4 aliphatic heterocycles. The van der Waals surface area contributed by atoms with Gasteiger partial charge in [0.1, 0.15) is 47.8 Å². The number of thioether (sulfide) groups is 1. The number of carboxylic acids is 3. The van der Waals surface area contributed by atoms with Crippen LogP contribution in [0, 0.1) is 11.6 Å². The molecule has 48 heavy (non-hydrogen) atoms. The van der Waals surface area contributed by atoms with E-state index >= 15 is 8.78 Å². The number of carbonyl (C=O) groups excluding carboxylic acids is 3. The normalized spacial score (nSPS) is 21.6. The Morgan fingerprint density at radius 3 is 2.29 bits per heavy atom. The Labute approximate surface area is 272 Å². The number of quaternary nitrogens is 1. The number of fused-ring (bicyclic) bond motifs is 2. The predicted molar refractivity (Wildman–Crippen MR) is 154 cm³/mol. The Kier molecular flexibility index (Phi) is 10.6. The van der Waals surface area contributed by atoms with E-state index in [1.807, 2.05) is 7.05 Å². The van der Waals surface area contributed by atoms with Crippen LogP contribution in [0.3, 0.4) is 0 Å². The molecule has 0 aromatic heterocycles. The number of piperazine rings is 1. The second-order valence-electron chi connectivity index (χ2n) is 11.5. The number of nitrogens with zero attached hydrogens (tertiary/aromatic N) is 4. The number of β-lactam (4-membered cyclic amide) rings is 1. The number of carboxylic acid groups (broad SMARTS) is 3. The van der Waals surface area contributed by atoms with E-state index in [0.717, 1.165) is 6.07 Å². The number of hydrogen-bond donors (Lipinski definition) is 3. The highest BCUT2D eigenvalue weighted by atomic mass is 32.2. The third-order valence-electron chi connectivity index (χ3n) is 8.26. The summed E-state index contributed by atoms with van der Waals surface area (Å²) in [5.41, 5.74) is 0.203. The standard InChI is InChI=1S/C26H28F3N5O6S.C2HF3O2/c1-34(11-16-12-41-24-19(30-13-35)23(36)33(24)21(16)26(39)40)6-4-31(5-7-34)22-17(28)9-14-8-15(25(37)38)10-32(3-2-27)20(14)18(22)29;3-2(4,5)1(6)7/h9-10,13,19,24H,2-8,11-12H2,1H3,(H2-,30,35,37,38,39,40);(H,6,7)/t19-,24-;/m1./s1. The van der Waals surface area contributed by atoms with Crippen LogP contribution in [-0.4, -0.2) is 126 Å². The summed E-state index contributed by atoms with van der Waals surface area (Å²) in [6.07, 6.45) is -3.79. The van der Waals surface area contributed by atoms with Crippen LogP contribution in [0.2, 0.25) is 0 Å². The van der Waals surface area contributed by atoms with Crippen molar-refractivity contribution in [1.82, 2.24) is 10.2 Å². The van der Waals surface area contributed by atoms with E-state index in [2.05, 4.69) is 5.32 Å². The van der Waals surface area contributed by atoms with Gasteiger partial charge in [-0.1, -0.05) is 0 Å². The van der Waals surface area contributed by atoms with Crippen molar-refractivity contribution in [3.8, 4) is 0 Å². The second kappa shape index (κ2) is 14.0. The molecule has 0 spiro atoms. The fourth-order valence-corrected chi connectivity index (χ4v) is 7.32. The highest BCUT2D eigenvalue weighted by Gasteiger charge is 2.54. The fourth-order valence-electron chi connectivity index (χ4n) is 5.97. The van der Waals surface area contributed by atoms with Crippen LogP contribution in [0.15, 0.2) is 29.1 Å². The number of carbonyl (C=O) groups is 5. The average Bonchev–Trinajstić information content (AvgIpc) is 3.00. The quantitative estimate of drug-likeness (QED) is 0.139. The zero-order valence-corrected chi connectivity index (χ0v) is 25.9. The summed E-state index contributed by atoms with van der Waals surface area (Å²) in [4.78, 5) is 59.8. The van der Waals surface area contributed by atoms with Gasteiger partial charge in [-0.05, 0) is 11.6 Å². The van der Waals surface area contributed by atoms with Crippen molar-refractivity contribution in [1.29, 1.82) is 0 Å². The maximum absolute atomic E-state index is 15.8. The highest BCUT2D eigenvalue weighted by Crippen LogP contribution is 2.42. The number of halogens is 6. The number of rotatable bonds is 9. The number of alkyl halides is 4. The molecule has 4 aliphatic rings. The zero-order chi connectivity index (χ0) is 35.7. The average molecular weight is 710 g/mol. The summed E-state index contributed by atoms with van der Waals surface area (Å²) < 4.78 is 76.3. The predicted octanol–water partition coefficient (Wildman–Crippen LogP) is 0.199. The van der Waals surface area contributed by atoms with Crippen molar-refractivity contribution in [2.45, 2.75) is 24.0 Å². The minimum Gasteiger partial charge on any atom is -0.542 e. The van der Waals surface area contributed by atoms with Gasteiger partial charge in [0.2, 0.25) is 6.41 Å². The van der Waals surface area contributed by atoms with Gasteiger partial charge in [0.05, 0.1) is 51.0 Å². The SMILES string of the molecule is C[N+]1(CC2=C(C(=O)O)N3C(=O)[C@@H](NC=O)[C@H]3SC2)CCN(c2c(F)cc3c(c2F)N(CCF)C=C(C(=O)O)C3)CC1.O=C([O-])C(F)(F)F. The van der Waals surface area contributed by atoms with Crippen molar-refractivity contribution >= 4 is 53.4 Å². The van der Waals surface area contributed by atoms with Gasteiger partial charge >= 0.3 is 18.1 Å². The Morgan fingerprint density at radius 1 is 1.15 bits per heavy atom. The van der Waals surface area contributed by atoms with E-state index < -0.39 is 59.7 Å². The van der Waals surface area contributed by atoms with Gasteiger partial charge in [-0.3, -0.25) is 14.5 Å². The van der Waals surface area contributed by atoms with Crippen LogP contribution in [0.1, 0.15) is 5.56 Å². The molecule has 2 amide bonds. The molecule has 5 rings (SSSR count). The second-order valence-corrected chi connectivity index (χ2v) is 12.6. The maximum Gasteiger partial charge on any atom is 0.430 e. The molecule has 2 fully saturated rings. The molecule has 4 heterocycles. The van der Waals surface area contributed by atoms with Crippen molar-refractivity contribution in [3.63, 3.8) is 0 Å². The Bertz CT molecular complexity index is 1580. The molecule has 0 saturated carbocycles. The first kappa shape index (κ1) is 36.4. The van der Waals surface area contributed by atoms with Gasteiger partial charge in [-0.25, -0.2) is 22.8 Å². The molecule has 0 unspecified atom stereocenters. The van der Waals surface area contributed by atoms with E-state index in [0.29, 0.717) is 41.9 Å². The summed E-state index contributed by atoms with van der Waals surface area (Å²) >= 11 is 1.37. The Morgan fingerprint density at radius 2 is 1.77 bits per heavy atom. The van der Waals surface area contributed by atoms with E-state index in [1.54, 1.807) is 4.90 Å². The smallest absolute Gasteiger partial charge is 0.430 e. The number of nitrogens with one attached hydrogen (secondary N) is 1. The van der Waals surface area contributed by atoms with E-state index in [4.69, 9.17) is 9.90 Å². The molecule has 20 heteroatoms. The lowest BCUT2D eigenvalue weighted by Crippen LogP contribution is -2.70. The van der Waals surface area contributed by atoms with Gasteiger partial charge in [0.25, 0.3) is 5.91 Å². The van der Waals surface area contributed by atoms with Crippen LogP contribution in [0.25, 0.3) is 0 Å². The van der Waals surface area contributed by atoms with Gasteiger partial charge in [0.15, 0.2) is 5.82 Å². The summed E-state index contributed by atoms with van der Waals surface area (Å²) in [6.45, 7) is 0.476. The van der Waals surface area contributed by atoms with Crippen LogP contribution >= 0.6 is 11.8 Å². The minimum absolute atomic E-state index is 0.0431. The van der Waals surface area contributed by atoms with E-state index in [-0.39, 0.29) is 54.3 Å². The number of benzene rings is 1. The lowest BCUT2D eigenvalue weighted by Gasteiger charge is -2.50. The largest absolute Gasteiger partial charge is 0.542 e. The first-order chi connectivity index (χ1) is 22.4. The third-order valence-corrected chi connectivity index (χ3v) is 9.60. The molecule has 2 saturated heterocycles. The first-order valence-corrected chi connectivity index (χ1v) is 15.2. The molecule has 0 aliphatic carbocycles. The Hall–Kier alpha value is -4.46. The summed E-state index contributed by atoms with van der Waals surface area (Å²) in [7, 11) is 1.91.